The van der Waals surface area contributed by atoms with Crippen molar-refractivity contribution < 1.29 is 4.79 Å². The highest BCUT2D eigenvalue weighted by Gasteiger charge is 2.20. The lowest BCUT2D eigenvalue weighted by Crippen LogP contribution is -2.29. The number of aromatic nitrogens is 3. The number of hydrogen-bond donors (Lipinski definition) is 1. The van der Waals surface area contributed by atoms with Crippen molar-refractivity contribution in [2.75, 3.05) is 0 Å². The highest BCUT2D eigenvalue weighted by atomic mass is 32.1. The topological polar surface area (TPSA) is 59.8 Å². The van der Waals surface area contributed by atoms with Gasteiger partial charge in [0.2, 0.25) is 5.91 Å². The van der Waals surface area contributed by atoms with Crippen molar-refractivity contribution in [3.8, 4) is 0 Å². The molecule has 0 spiro atoms. The smallest absolute Gasteiger partial charge is 0.220 e. The summed E-state index contributed by atoms with van der Waals surface area (Å²) in [6, 6.07) is 4.00. The van der Waals surface area contributed by atoms with E-state index in [1.165, 1.54) is 17.7 Å². The van der Waals surface area contributed by atoms with Crippen LogP contribution in [0.1, 0.15) is 55.2 Å². The summed E-state index contributed by atoms with van der Waals surface area (Å²) in [4.78, 5) is 13.4. The maximum atomic E-state index is 12.1. The molecule has 2 aromatic rings. The number of fused-ring (bicyclic) bond motifs is 1. The van der Waals surface area contributed by atoms with Gasteiger partial charge in [0, 0.05) is 24.3 Å². The average molecular weight is 318 g/mol. The molecule has 22 heavy (non-hydrogen) atoms. The maximum Gasteiger partial charge on any atom is 0.220 e. The Bertz CT molecular complexity index is 620. The van der Waals surface area contributed by atoms with Crippen LogP contribution in [0.4, 0.5) is 0 Å². The summed E-state index contributed by atoms with van der Waals surface area (Å²) in [5, 5.41) is 13.7. The fourth-order valence-electron chi connectivity index (χ4n) is 2.90. The zero-order valence-electron chi connectivity index (χ0n) is 12.9. The Morgan fingerprint density at radius 2 is 2.32 bits per heavy atom. The van der Waals surface area contributed by atoms with Crippen LogP contribution in [0.15, 0.2) is 17.5 Å². The van der Waals surface area contributed by atoms with E-state index in [1.54, 1.807) is 11.3 Å². The first-order chi connectivity index (χ1) is 10.7. The minimum Gasteiger partial charge on any atom is -0.346 e. The molecular weight excluding hydrogens is 296 g/mol. The molecule has 0 saturated carbocycles. The first kappa shape index (κ1) is 15.2. The Kier molecular flexibility index (Phi) is 4.87. The molecule has 1 N–H and O–H groups in total. The SMILES string of the molecule is C[C@H](NC(=O)CCc1cccs1)c1nnc2n1CCCCC2. The second-order valence-corrected chi connectivity index (χ2v) is 6.84. The Hall–Kier alpha value is -1.69. The molecule has 0 unspecified atom stereocenters. The molecule has 0 aliphatic carbocycles. The molecular formula is C16H22N4OS. The van der Waals surface area contributed by atoms with E-state index in [-0.39, 0.29) is 11.9 Å². The van der Waals surface area contributed by atoms with Crippen LogP contribution in [0.3, 0.4) is 0 Å². The zero-order chi connectivity index (χ0) is 15.4. The van der Waals surface area contributed by atoms with Gasteiger partial charge in [0.25, 0.3) is 0 Å². The van der Waals surface area contributed by atoms with Crippen LogP contribution >= 0.6 is 11.3 Å². The van der Waals surface area contributed by atoms with E-state index in [4.69, 9.17) is 0 Å². The van der Waals surface area contributed by atoms with E-state index in [0.717, 1.165) is 37.5 Å². The van der Waals surface area contributed by atoms with Crippen LogP contribution in [0.5, 0.6) is 0 Å². The van der Waals surface area contributed by atoms with Crippen molar-refractivity contribution in [3.63, 3.8) is 0 Å². The number of hydrogen-bond acceptors (Lipinski definition) is 4. The van der Waals surface area contributed by atoms with E-state index in [0.29, 0.717) is 6.42 Å². The molecule has 1 aliphatic rings. The number of thiophene rings is 1. The van der Waals surface area contributed by atoms with Crippen LogP contribution in [-0.4, -0.2) is 20.7 Å². The molecule has 0 radical (unpaired) electrons. The monoisotopic (exact) mass is 318 g/mol. The van der Waals surface area contributed by atoms with E-state index >= 15 is 0 Å². The van der Waals surface area contributed by atoms with Gasteiger partial charge in [-0.25, -0.2) is 0 Å². The van der Waals surface area contributed by atoms with Crippen LogP contribution in [0, 0.1) is 0 Å². The molecule has 118 valence electrons. The Balaban J connectivity index is 1.58. The highest BCUT2D eigenvalue weighted by molar-refractivity contribution is 7.09. The van der Waals surface area contributed by atoms with Gasteiger partial charge in [0.05, 0.1) is 6.04 Å². The van der Waals surface area contributed by atoms with Gasteiger partial charge in [-0.15, -0.1) is 21.5 Å². The third-order valence-electron chi connectivity index (χ3n) is 4.08. The number of nitrogens with zero attached hydrogens (tertiary/aromatic N) is 3. The molecule has 6 heteroatoms. The molecule has 3 heterocycles. The third kappa shape index (κ3) is 3.55. The predicted octanol–water partition coefficient (Wildman–Crippen LogP) is 2.88. The molecule has 2 aromatic heterocycles. The first-order valence-electron chi connectivity index (χ1n) is 7.98. The van der Waals surface area contributed by atoms with Gasteiger partial charge in [-0.3, -0.25) is 4.79 Å². The molecule has 0 bridgehead atoms. The Labute approximate surface area is 134 Å². The van der Waals surface area contributed by atoms with E-state index in [1.807, 2.05) is 18.4 Å². The second kappa shape index (κ2) is 7.05. The van der Waals surface area contributed by atoms with E-state index < -0.39 is 0 Å². The molecule has 0 aromatic carbocycles. The first-order valence-corrected chi connectivity index (χ1v) is 8.85. The lowest BCUT2D eigenvalue weighted by molar-refractivity contribution is -0.121. The highest BCUT2D eigenvalue weighted by Crippen LogP contribution is 2.19. The molecule has 1 amide bonds. The quantitative estimate of drug-likeness (QED) is 0.922. The lowest BCUT2D eigenvalue weighted by Gasteiger charge is -2.15. The van der Waals surface area contributed by atoms with Crippen molar-refractivity contribution in [2.45, 2.75) is 58.0 Å². The lowest BCUT2D eigenvalue weighted by atomic mass is 10.2. The van der Waals surface area contributed by atoms with Crippen molar-refractivity contribution >= 4 is 17.2 Å². The van der Waals surface area contributed by atoms with Crippen LogP contribution < -0.4 is 5.32 Å². The minimum atomic E-state index is -0.0878. The molecule has 0 saturated heterocycles. The van der Waals surface area contributed by atoms with Gasteiger partial charge in [0.15, 0.2) is 5.82 Å². The fraction of sp³-hybridized carbons (Fsp3) is 0.562. The van der Waals surface area contributed by atoms with Gasteiger partial charge in [-0.2, -0.15) is 0 Å². The molecule has 1 aliphatic heterocycles. The summed E-state index contributed by atoms with van der Waals surface area (Å²) >= 11 is 1.70. The number of carbonyl (C=O) groups is 1. The summed E-state index contributed by atoms with van der Waals surface area (Å²) in [5.74, 6) is 2.03. The normalized spacial score (nSPS) is 15.9. The number of carbonyl (C=O) groups excluding carboxylic acids is 1. The average Bonchev–Trinajstić information content (AvgIpc) is 3.10. The maximum absolute atomic E-state index is 12.1. The summed E-state index contributed by atoms with van der Waals surface area (Å²) in [6.45, 7) is 2.96. The Morgan fingerprint density at radius 3 is 3.14 bits per heavy atom. The van der Waals surface area contributed by atoms with Gasteiger partial charge in [0.1, 0.15) is 5.82 Å². The van der Waals surface area contributed by atoms with Crippen LogP contribution in [0.2, 0.25) is 0 Å². The van der Waals surface area contributed by atoms with Crippen LogP contribution in [-0.2, 0) is 24.2 Å². The van der Waals surface area contributed by atoms with Gasteiger partial charge >= 0.3 is 0 Å². The molecule has 3 rings (SSSR count). The van der Waals surface area contributed by atoms with Gasteiger partial charge in [-0.1, -0.05) is 12.5 Å². The zero-order valence-corrected chi connectivity index (χ0v) is 13.7. The number of aryl methyl sites for hydroxylation is 2. The van der Waals surface area contributed by atoms with E-state index in [2.05, 4.69) is 26.1 Å². The number of nitrogens with one attached hydrogen (secondary N) is 1. The van der Waals surface area contributed by atoms with Crippen molar-refractivity contribution in [3.05, 3.63) is 34.0 Å². The summed E-state index contributed by atoms with van der Waals surface area (Å²) in [6.07, 6.45) is 5.90. The minimum absolute atomic E-state index is 0.0758. The van der Waals surface area contributed by atoms with E-state index in [9.17, 15) is 4.79 Å². The number of amides is 1. The summed E-state index contributed by atoms with van der Waals surface area (Å²) in [7, 11) is 0. The van der Waals surface area contributed by atoms with Crippen molar-refractivity contribution in [1.82, 2.24) is 20.1 Å². The van der Waals surface area contributed by atoms with Gasteiger partial charge in [-0.05, 0) is 37.6 Å². The summed E-state index contributed by atoms with van der Waals surface area (Å²) < 4.78 is 2.19. The number of rotatable bonds is 5. The fourth-order valence-corrected chi connectivity index (χ4v) is 3.61. The summed E-state index contributed by atoms with van der Waals surface area (Å²) in [5.41, 5.74) is 0. The predicted molar refractivity (Wildman–Crippen MR) is 86.8 cm³/mol. The molecule has 0 fully saturated rings. The standard InChI is InChI=1S/C16H22N4OS/c1-12(17-15(21)9-8-13-6-5-11-22-13)16-19-18-14-7-3-2-4-10-20(14)16/h5-6,11-12H,2-4,7-10H2,1H3,(H,17,21)/t12-/m0/s1. The van der Waals surface area contributed by atoms with Crippen molar-refractivity contribution in [1.29, 1.82) is 0 Å². The molecule has 5 nitrogen and oxygen atoms in total. The largest absolute Gasteiger partial charge is 0.346 e. The Morgan fingerprint density at radius 1 is 1.41 bits per heavy atom. The van der Waals surface area contributed by atoms with Crippen molar-refractivity contribution in [2.24, 2.45) is 0 Å². The van der Waals surface area contributed by atoms with Gasteiger partial charge < -0.3 is 9.88 Å². The molecule has 1 atom stereocenters. The second-order valence-electron chi connectivity index (χ2n) is 5.81. The third-order valence-corrected chi connectivity index (χ3v) is 5.02. The van der Waals surface area contributed by atoms with Crippen LogP contribution in [0.25, 0.3) is 0 Å².